The molecule has 83 valence electrons. The molecule has 1 heterocycles. The third-order valence-corrected chi connectivity index (χ3v) is 2.16. The van der Waals surface area contributed by atoms with Gasteiger partial charge in [-0.1, -0.05) is 12.1 Å². The monoisotopic (exact) mass is 225 g/mol. The molecule has 1 aliphatic heterocycles. The highest BCUT2D eigenvalue weighted by atomic mass is 19.4. The summed E-state index contributed by atoms with van der Waals surface area (Å²) in [6, 6.07) is 4.87. The molecule has 16 heavy (non-hydrogen) atoms. The number of alkyl halides is 3. The van der Waals surface area contributed by atoms with Crippen molar-refractivity contribution in [1.82, 2.24) is 5.32 Å². The molecule has 0 saturated heterocycles. The van der Waals surface area contributed by atoms with Crippen LogP contribution in [-0.4, -0.2) is 5.84 Å². The minimum atomic E-state index is -4.30. The molecule has 0 amide bonds. The summed E-state index contributed by atoms with van der Waals surface area (Å²) >= 11 is 0. The zero-order chi connectivity index (χ0) is 11.8. The first-order valence-corrected chi connectivity index (χ1v) is 4.61. The normalized spacial score (nSPS) is 15.5. The molecule has 0 N–H and O–H groups in total. The fourth-order valence-electron chi connectivity index (χ4n) is 1.36. The summed E-state index contributed by atoms with van der Waals surface area (Å²) in [6.07, 6.45) is -2.76. The van der Waals surface area contributed by atoms with Crippen LogP contribution >= 0.6 is 0 Å². The maximum absolute atomic E-state index is 12.3. The SMILES string of the molecule is CC1=NC(c2ccc(C(F)(F)F)cc2)=C[N]1. The predicted octanol–water partition coefficient (Wildman–Crippen LogP) is 3.04. The van der Waals surface area contributed by atoms with Gasteiger partial charge in [-0.15, -0.1) is 0 Å². The van der Waals surface area contributed by atoms with Gasteiger partial charge in [0.15, 0.2) is 0 Å². The van der Waals surface area contributed by atoms with E-state index in [9.17, 15) is 13.2 Å². The number of hydrogen-bond acceptors (Lipinski definition) is 1. The molecule has 0 saturated carbocycles. The average molecular weight is 225 g/mol. The Bertz CT molecular complexity index is 455. The molecule has 5 heteroatoms. The molecule has 2 rings (SSSR count). The number of rotatable bonds is 1. The van der Waals surface area contributed by atoms with Crippen molar-refractivity contribution in [1.29, 1.82) is 0 Å². The first-order valence-electron chi connectivity index (χ1n) is 4.61. The van der Waals surface area contributed by atoms with Gasteiger partial charge < -0.3 is 0 Å². The van der Waals surface area contributed by atoms with Crippen LogP contribution in [-0.2, 0) is 6.18 Å². The molecule has 0 spiro atoms. The third-order valence-electron chi connectivity index (χ3n) is 2.16. The Morgan fingerprint density at radius 2 is 1.69 bits per heavy atom. The van der Waals surface area contributed by atoms with E-state index in [-0.39, 0.29) is 0 Å². The van der Waals surface area contributed by atoms with Gasteiger partial charge in [0.1, 0.15) is 5.84 Å². The van der Waals surface area contributed by atoms with E-state index < -0.39 is 11.7 Å². The van der Waals surface area contributed by atoms with Crippen molar-refractivity contribution >= 4 is 11.5 Å². The lowest BCUT2D eigenvalue weighted by atomic mass is 10.1. The highest BCUT2D eigenvalue weighted by Crippen LogP contribution is 2.30. The van der Waals surface area contributed by atoms with Crippen molar-refractivity contribution in [3.05, 3.63) is 41.6 Å². The topological polar surface area (TPSA) is 26.5 Å². The van der Waals surface area contributed by atoms with E-state index in [4.69, 9.17) is 0 Å². The van der Waals surface area contributed by atoms with E-state index >= 15 is 0 Å². The summed E-state index contributed by atoms with van der Waals surface area (Å²) in [5, 5.41) is 3.93. The van der Waals surface area contributed by atoms with Gasteiger partial charge in [0.2, 0.25) is 0 Å². The minimum absolute atomic E-state index is 0.589. The molecule has 0 aromatic heterocycles. The molecule has 0 unspecified atom stereocenters. The molecule has 1 aromatic rings. The summed E-state index contributed by atoms with van der Waals surface area (Å²) in [7, 11) is 0. The predicted molar refractivity (Wildman–Crippen MR) is 54.7 cm³/mol. The fourth-order valence-corrected chi connectivity index (χ4v) is 1.36. The molecule has 1 radical (unpaired) electrons. The Morgan fingerprint density at radius 3 is 2.12 bits per heavy atom. The smallest absolute Gasteiger partial charge is 0.239 e. The first kappa shape index (κ1) is 10.7. The molecule has 1 aliphatic rings. The maximum Gasteiger partial charge on any atom is 0.416 e. The number of halogens is 3. The van der Waals surface area contributed by atoms with Gasteiger partial charge in [-0.25, -0.2) is 10.3 Å². The minimum Gasteiger partial charge on any atom is -0.239 e. The van der Waals surface area contributed by atoms with E-state index in [1.807, 2.05) is 0 Å². The molecule has 0 atom stereocenters. The Hall–Kier alpha value is -1.78. The Morgan fingerprint density at radius 1 is 1.06 bits per heavy atom. The van der Waals surface area contributed by atoms with Crippen molar-refractivity contribution in [2.45, 2.75) is 13.1 Å². The van der Waals surface area contributed by atoms with Crippen LogP contribution in [0.4, 0.5) is 13.2 Å². The van der Waals surface area contributed by atoms with Crippen LogP contribution in [0, 0.1) is 0 Å². The number of benzene rings is 1. The number of aliphatic imine (C=N–C) groups is 1. The lowest BCUT2D eigenvalue weighted by Gasteiger charge is -2.06. The van der Waals surface area contributed by atoms with Gasteiger partial charge in [0.25, 0.3) is 0 Å². The molecular formula is C11H8F3N2. The van der Waals surface area contributed by atoms with Crippen LogP contribution in [0.15, 0.2) is 35.5 Å². The number of amidine groups is 1. The van der Waals surface area contributed by atoms with Crippen LogP contribution in [0.3, 0.4) is 0 Å². The quantitative estimate of drug-likeness (QED) is 0.702. The lowest BCUT2D eigenvalue weighted by molar-refractivity contribution is -0.137. The molecule has 1 aromatic carbocycles. The summed E-state index contributed by atoms with van der Waals surface area (Å²) in [5.74, 6) is 0.606. The standard InChI is InChI=1S/C11H8F3N2/c1-7-15-6-10(16-7)8-2-4-9(5-3-8)11(12,13)14/h2-6H,1H3. The van der Waals surface area contributed by atoms with E-state index in [0.717, 1.165) is 12.1 Å². The van der Waals surface area contributed by atoms with Gasteiger partial charge in [-0.2, -0.15) is 13.2 Å². The molecule has 0 bridgehead atoms. The first-order chi connectivity index (χ1) is 7.47. The largest absolute Gasteiger partial charge is 0.416 e. The maximum atomic E-state index is 12.3. The van der Waals surface area contributed by atoms with Crippen LogP contribution < -0.4 is 5.32 Å². The van der Waals surface area contributed by atoms with Crippen molar-refractivity contribution in [3.8, 4) is 0 Å². The summed E-state index contributed by atoms with van der Waals surface area (Å²) in [4.78, 5) is 4.08. The van der Waals surface area contributed by atoms with Crippen molar-refractivity contribution < 1.29 is 13.2 Å². The molecule has 2 nitrogen and oxygen atoms in total. The van der Waals surface area contributed by atoms with Crippen LogP contribution in [0.2, 0.25) is 0 Å². The zero-order valence-corrected chi connectivity index (χ0v) is 8.42. The van der Waals surface area contributed by atoms with Gasteiger partial charge in [-0.05, 0) is 19.1 Å². The number of nitrogens with zero attached hydrogens (tertiary/aromatic N) is 2. The molecule has 0 fully saturated rings. The van der Waals surface area contributed by atoms with Crippen LogP contribution in [0.25, 0.3) is 5.70 Å². The van der Waals surface area contributed by atoms with Crippen LogP contribution in [0.5, 0.6) is 0 Å². The highest BCUT2D eigenvalue weighted by molar-refractivity contribution is 5.91. The second-order valence-corrected chi connectivity index (χ2v) is 3.38. The second kappa shape index (κ2) is 3.66. The van der Waals surface area contributed by atoms with E-state index in [1.54, 1.807) is 6.92 Å². The second-order valence-electron chi connectivity index (χ2n) is 3.38. The Balaban J connectivity index is 2.27. The van der Waals surface area contributed by atoms with Crippen molar-refractivity contribution in [2.75, 3.05) is 0 Å². The Labute approximate surface area is 90.5 Å². The van der Waals surface area contributed by atoms with E-state index in [1.165, 1.54) is 18.3 Å². The third kappa shape index (κ3) is 2.08. The lowest BCUT2D eigenvalue weighted by Crippen LogP contribution is -2.04. The summed E-state index contributed by atoms with van der Waals surface area (Å²) in [5.41, 5.74) is 0.562. The van der Waals surface area contributed by atoms with E-state index in [2.05, 4.69) is 10.3 Å². The number of hydrogen-bond donors (Lipinski definition) is 0. The molecular weight excluding hydrogens is 217 g/mol. The van der Waals surface area contributed by atoms with E-state index in [0.29, 0.717) is 17.1 Å². The van der Waals surface area contributed by atoms with Gasteiger partial charge in [-0.3, -0.25) is 0 Å². The van der Waals surface area contributed by atoms with Crippen LogP contribution in [0.1, 0.15) is 18.1 Å². The van der Waals surface area contributed by atoms with Gasteiger partial charge in [0, 0.05) is 5.56 Å². The highest BCUT2D eigenvalue weighted by Gasteiger charge is 2.30. The van der Waals surface area contributed by atoms with Crippen molar-refractivity contribution in [2.24, 2.45) is 4.99 Å². The Kier molecular flexibility index (Phi) is 2.46. The average Bonchev–Trinajstić information content (AvgIpc) is 2.64. The fraction of sp³-hybridized carbons (Fsp3) is 0.182. The van der Waals surface area contributed by atoms with Crippen molar-refractivity contribution in [3.63, 3.8) is 0 Å². The van der Waals surface area contributed by atoms with Gasteiger partial charge in [0.05, 0.1) is 17.5 Å². The summed E-state index contributed by atoms with van der Waals surface area (Å²) in [6.45, 7) is 1.73. The molecule has 0 aliphatic carbocycles. The van der Waals surface area contributed by atoms with Gasteiger partial charge >= 0.3 is 6.18 Å². The zero-order valence-electron chi connectivity index (χ0n) is 8.42. The summed E-state index contributed by atoms with van der Waals surface area (Å²) < 4.78 is 36.9.